The number of hydrogen-bond donors (Lipinski definition) is 1. The molecule has 2 amide bonds. The van der Waals surface area contributed by atoms with Crippen LogP contribution in [0, 0.1) is 0 Å². The Bertz CT molecular complexity index is 786. The smallest absolute Gasteiger partial charge is 0.243 e. The van der Waals surface area contributed by atoms with Crippen LogP contribution in [-0.2, 0) is 29.1 Å². The molecule has 2 aromatic rings. The van der Waals surface area contributed by atoms with Crippen LogP contribution in [0.5, 0.6) is 0 Å². The van der Waals surface area contributed by atoms with E-state index in [4.69, 9.17) is 0 Å². The molecule has 7 nitrogen and oxygen atoms in total. The Morgan fingerprint density at radius 2 is 2.19 bits per heavy atom. The lowest BCUT2D eigenvalue weighted by Gasteiger charge is -2.25. The van der Waals surface area contributed by atoms with Crippen molar-refractivity contribution in [3.05, 3.63) is 47.8 Å². The van der Waals surface area contributed by atoms with Crippen LogP contribution in [0.25, 0.3) is 0 Å². The highest BCUT2D eigenvalue weighted by Gasteiger charge is 2.31. The van der Waals surface area contributed by atoms with Gasteiger partial charge in [-0.2, -0.15) is 0 Å². The first-order chi connectivity index (χ1) is 12.6. The van der Waals surface area contributed by atoms with Crippen LogP contribution in [0.2, 0.25) is 0 Å². The summed E-state index contributed by atoms with van der Waals surface area (Å²) in [5.41, 5.74) is 1.69. The third-order valence-corrected chi connectivity index (χ3v) is 4.68. The minimum Gasteiger partial charge on any atom is -0.351 e. The fraction of sp³-hybridized carbons (Fsp3) is 0.474. The van der Waals surface area contributed by atoms with Crippen LogP contribution >= 0.6 is 0 Å². The monoisotopic (exact) mass is 355 g/mol. The number of carbonyl (C=O) groups excluding carboxylic acids is 2. The minimum atomic E-state index is -0.0815. The molecule has 3 rings (SSSR count). The fourth-order valence-electron chi connectivity index (χ4n) is 3.40. The number of carbonyl (C=O) groups is 2. The molecule has 0 radical (unpaired) electrons. The van der Waals surface area contributed by atoms with Crippen molar-refractivity contribution in [1.29, 1.82) is 0 Å². The summed E-state index contributed by atoms with van der Waals surface area (Å²) < 4.78 is 1.92. The Morgan fingerprint density at radius 1 is 1.35 bits per heavy atom. The number of aryl methyl sites for hydroxylation is 1. The minimum absolute atomic E-state index is 0.00613. The first kappa shape index (κ1) is 18.1. The lowest BCUT2D eigenvalue weighted by molar-refractivity contribution is -0.132. The molecular formula is C19H25N5O2. The van der Waals surface area contributed by atoms with Crippen LogP contribution in [0.15, 0.2) is 30.6 Å². The van der Waals surface area contributed by atoms with E-state index in [0.717, 1.165) is 43.0 Å². The van der Waals surface area contributed by atoms with Crippen LogP contribution in [0.4, 0.5) is 0 Å². The van der Waals surface area contributed by atoms with Gasteiger partial charge in [-0.3, -0.25) is 14.6 Å². The van der Waals surface area contributed by atoms with Gasteiger partial charge >= 0.3 is 0 Å². The van der Waals surface area contributed by atoms with Crippen LogP contribution in [0.1, 0.15) is 49.9 Å². The summed E-state index contributed by atoms with van der Waals surface area (Å²) >= 11 is 0. The van der Waals surface area contributed by atoms with Gasteiger partial charge < -0.3 is 14.8 Å². The van der Waals surface area contributed by atoms with Crippen LogP contribution in [-0.4, -0.2) is 37.8 Å². The highest BCUT2D eigenvalue weighted by Crippen LogP contribution is 2.31. The lowest BCUT2D eigenvalue weighted by Crippen LogP contribution is -2.34. The van der Waals surface area contributed by atoms with Gasteiger partial charge in [0, 0.05) is 32.3 Å². The third kappa shape index (κ3) is 4.09. The van der Waals surface area contributed by atoms with Crippen LogP contribution in [0.3, 0.4) is 0 Å². The van der Waals surface area contributed by atoms with Crippen LogP contribution < -0.4 is 5.32 Å². The zero-order valence-corrected chi connectivity index (χ0v) is 15.3. The summed E-state index contributed by atoms with van der Waals surface area (Å²) in [5, 5.41) is 2.76. The number of amides is 2. The van der Waals surface area contributed by atoms with Crippen molar-refractivity contribution in [2.24, 2.45) is 0 Å². The van der Waals surface area contributed by atoms with Gasteiger partial charge in [-0.15, -0.1) is 0 Å². The molecule has 0 spiro atoms. The van der Waals surface area contributed by atoms with Crippen molar-refractivity contribution in [2.75, 3.05) is 6.54 Å². The zero-order chi connectivity index (χ0) is 18.5. The summed E-state index contributed by atoms with van der Waals surface area (Å²) in [6, 6.07) is 5.78. The third-order valence-electron chi connectivity index (χ3n) is 4.68. The number of imidazole rings is 1. The Kier molecular flexibility index (Phi) is 5.65. The Balaban J connectivity index is 1.72. The molecule has 0 aliphatic carbocycles. The molecule has 1 saturated heterocycles. The van der Waals surface area contributed by atoms with E-state index in [9.17, 15) is 9.59 Å². The molecule has 0 bridgehead atoms. The van der Waals surface area contributed by atoms with Crippen molar-refractivity contribution >= 4 is 11.8 Å². The van der Waals surface area contributed by atoms with E-state index in [0.29, 0.717) is 13.1 Å². The predicted octanol–water partition coefficient (Wildman–Crippen LogP) is 1.84. The van der Waals surface area contributed by atoms with E-state index >= 15 is 0 Å². The standard InChI is InChI=1S/C19H25N5O2/c1-3-18-20-9-11-23(18)13-19(26)24-10-5-8-17(24)16-7-4-6-15(22-16)12-21-14(2)25/h4,6-7,9,11,17H,3,5,8,10,12-13H2,1-2H3,(H,21,25). The Labute approximate surface area is 153 Å². The summed E-state index contributed by atoms with van der Waals surface area (Å²) in [7, 11) is 0. The number of nitrogens with zero attached hydrogens (tertiary/aromatic N) is 4. The number of pyridine rings is 1. The van der Waals surface area contributed by atoms with Gasteiger partial charge in [-0.05, 0) is 25.0 Å². The molecule has 0 saturated carbocycles. The number of hydrogen-bond acceptors (Lipinski definition) is 4. The van der Waals surface area contributed by atoms with Crippen molar-refractivity contribution in [3.8, 4) is 0 Å². The van der Waals surface area contributed by atoms with Gasteiger partial charge in [-0.1, -0.05) is 13.0 Å². The van der Waals surface area contributed by atoms with Gasteiger partial charge in [0.15, 0.2) is 0 Å². The summed E-state index contributed by atoms with van der Waals surface area (Å²) in [5.74, 6) is 0.931. The average Bonchev–Trinajstić information content (AvgIpc) is 3.29. The maximum absolute atomic E-state index is 12.9. The summed E-state index contributed by atoms with van der Waals surface area (Å²) in [6.07, 6.45) is 6.27. The summed E-state index contributed by atoms with van der Waals surface area (Å²) in [6.45, 7) is 4.98. The average molecular weight is 355 g/mol. The highest BCUT2D eigenvalue weighted by atomic mass is 16.2. The first-order valence-electron chi connectivity index (χ1n) is 9.08. The number of rotatable bonds is 6. The number of nitrogens with one attached hydrogen (secondary N) is 1. The van der Waals surface area contributed by atoms with Gasteiger partial charge in [-0.25, -0.2) is 4.98 Å². The van der Waals surface area contributed by atoms with Gasteiger partial charge in [0.05, 0.1) is 24.0 Å². The topological polar surface area (TPSA) is 80.1 Å². The van der Waals surface area contributed by atoms with Crippen molar-refractivity contribution < 1.29 is 9.59 Å². The van der Waals surface area contributed by atoms with Crippen molar-refractivity contribution in [1.82, 2.24) is 24.8 Å². The molecule has 138 valence electrons. The maximum Gasteiger partial charge on any atom is 0.243 e. The molecule has 1 N–H and O–H groups in total. The second kappa shape index (κ2) is 8.12. The molecule has 1 aliphatic heterocycles. The predicted molar refractivity (Wildman–Crippen MR) is 97.1 cm³/mol. The molecule has 1 fully saturated rings. The van der Waals surface area contributed by atoms with E-state index in [1.807, 2.05) is 40.8 Å². The fourth-order valence-corrected chi connectivity index (χ4v) is 3.40. The summed E-state index contributed by atoms with van der Waals surface area (Å²) in [4.78, 5) is 34.8. The molecule has 3 heterocycles. The van der Waals surface area contributed by atoms with E-state index in [1.54, 1.807) is 6.20 Å². The zero-order valence-electron chi connectivity index (χ0n) is 15.3. The molecule has 1 unspecified atom stereocenters. The lowest BCUT2D eigenvalue weighted by atomic mass is 10.1. The Morgan fingerprint density at radius 3 is 2.96 bits per heavy atom. The molecule has 26 heavy (non-hydrogen) atoms. The van der Waals surface area contributed by atoms with E-state index in [2.05, 4.69) is 15.3 Å². The van der Waals surface area contributed by atoms with Crippen molar-refractivity contribution in [2.45, 2.75) is 52.2 Å². The second-order valence-corrected chi connectivity index (χ2v) is 6.53. The molecule has 0 aromatic carbocycles. The van der Waals surface area contributed by atoms with E-state index < -0.39 is 0 Å². The van der Waals surface area contributed by atoms with Gasteiger partial charge in [0.1, 0.15) is 12.4 Å². The number of likely N-dealkylation sites (tertiary alicyclic amines) is 1. The molecule has 1 atom stereocenters. The first-order valence-corrected chi connectivity index (χ1v) is 9.08. The normalized spacial score (nSPS) is 16.7. The Hall–Kier alpha value is -2.70. The second-order valence-electron chi connectivity index (χ2n) is 6.53. The molecule has 1 aliphatic rings. The molecule has 7 heteroatoms. The quantitative estimate of drug-likeness (QED) is 0.857. The number of aromatic nitrogens is 3. The van der Waals surface area contributed by atoms with Gasteiger partial charge in [0.25, 0.3) is 0 Å². The maximum atomic E-state index is 12.9. The van der Waals surface area contributed by atoms with Crippen molar-refractivity contribution in [3.63, 3.8) is 0 Å². The largest absolute Gasteiger partial charge is 0.351 e. The highest BCUT2D eigenvalue weighted by molar-refractivity contribution is 5.77. The van der Waals surface area contributed by atoms with E-state index in [-0.39, 0.29) is 17.9 Å². The SMILES string of the molecule is CCc1nccn1CC(=O)N1CCCC1c1cccc(CNC(C)=O)n1. The molecule has 2 aromatic heterocycles. The van der Waals surface area contributed by atoms with E-state index in [1.165, 1.54) is 6.92 Å². The molecular weight excluding hydrogens is 330 g/mol. The van der Waals surface area contributed by atoms with Gasteiger partial charge in [0.2, 0.25) is 11.8 Å².